The van der Waals surface area contributed by atoms with Gasteiger partial charge in [-0.05, 0) is 19.8 Å². The molecule has 2 unspecified atom stereocenters. The van der Waals surface area contributed by atoms with Gasteiger partial charge >= 0.3 is 5.97 Å². The van der Waals surface area contributed by atoms with E-state index in [0.29, 0.717) is 12.8 Å². The number of carbonyl (C=O) groups is 2. The minimum atomic E-state index is -1.07. The molecule has 4 N–H and O–H groups in total. The molecular formula is C12H22N2O3. The topological polar surface area (TPSA) is 92.4 Å². The molecule has 1 fully saturated rings. The van der Waals surface area contributed by atoms with Gasteiger partial charge in [0, 0.05) is 12.0 Å². The number of carbonyl (C=O) groups excluding carboxylic acids is 1. The largest absolute Gasteiger partial charge is 0.480 e. The standard InChI is InChI=1S/C12H22N2O3/c1-8(9(2)13)10(15)14-12(11(16)17)6-4-3-5-7-12/h8-9H,3-7,13H2,1-2H3,(H,14,15)(H,16,17). The molecule has 0 spiro atoms. The molecule has 1 aliphatic carbocycles. The van der Waals surface area contributed by atoms with Crippen molar-refractivity contribution in [1.82, 2.24) is 5.32 Å². The highest BCUT2D eigenvalue weighted by molar-refractivity contribution is 5.88. The highest BCUT2D eigenvalue weighted by Gasteiger charge is 2.41. The number of amides is 1. The van der Waals surface area contributed by atoms with Crippen molar-refractivity contribution in [1.29, 1.82) is 0 Å². The molecule has 0 aromatic heterocycles. The Morgan fingerprint density at radius 3 is 2.18 bits per heavy atom. The smallest absolute Gasteiger partial charge is 0.329 e. The highest BCUT2D eigenvalue weighted by atomic mass is 16.4. The number of carboxylic acid groups (broad SMARTS) is 1. The van der Waals surface area contributed by atoms with Crippen molar-refractivity contribution in [2.24, 2.45) is 11.7 Å². The average Bonchev–Trinajstić information content (AvgIpc) is 2.28. The van der Waals surface area contributed by atoms with Gasteiger partial charge in [-0.3, -0.25) is 4.79 Å². The first-order valence-electron chi connectivity index (χ1n) is 6.20. The van der Waals surface area contributed by atoms with E-state index in [1.54, 1.807) is 13.8 Å². The normalized spacial score (nSPS) is 22.5. The summed E-state index contributed by atoms with van der Waals surface area (Å²) in [6.45, 7) is 3.47. The van der Waals surface area contributed by atoms with Crippen LogP contribution in [-0.4, -0.2) is 28.6 Å². The fourth-order valence-electron chi connectivity index (χ4n) is 2.14. The van der Waals surface area contributed by atoms with Crippen molar-refractivity contribution in [2.75, 3.05) is 0 Å². The van der Waals surface area contributed by atoms with E-state index in [1.165, 1.54) is 0 Å². The SMILES string of the molecule is CC(N)C(C)C(=O)NC1(C(=O)O)CCCCC1. The van der Waals surface area contributed by atoms with E-state index in [2.05, 4.69) is 5.32 Å². The molecule has 1 aliphatic rings. The molecule has 98 valence electrons. The Morgan fingerprint density at radius 2 is 1.76 bits per heavy atom. The predicted molar refractivity (Wildman–Crippen MR) is 64.4 cm³/mol. The van der Waals surface area contributed by atoms with Crippen molar-refractivity contribution >= 4 is 11.9 Å². The molecular weight excluding hydrogens is 220 g/mol. The summed E-state index contributed by atoms with van der Waals surface area (Å²) in [6, 6.07) is -0.274. The fourth-order valence-corrected chi connectivity index (χ4v) is 2.14. The van der Waals surface area contributed by atoms with Crippen LogP contribution in [-0.2, 0) is 9.59 Å². The summed E-state index contributed by atoms with van der Waals surface area (Å²) in [5.74, 6) is -1.56. The second-order valence-corrected chi connectivity index (χ2v) is 5.08. The minimum absolute atomic E-state index is 0.260. The monoisotopic (exact) mass is 242 g/mol. The van der Waals surface area contributed by atoms with Crippen LogP contribution in [0, 0.1) is 5.92 Å². The van der Waals surface area contributed by atoms with E-state index in [1.807, 2.05) is 0 Å². The number of hydrogen-bond acceptors (Lipinski definition) is 3. The summed E-state index contributed by atoms with van der Waals surface area (Å²) in [4.78, 5) is 23.3. The van der Waals surface area contributed by atoms with Gasteiger partial charge in [-0.1, -0.05) is 26.2 Å². The number of hydrogen-bond donors (Lipinski definition) is 3. The van der Waals surface area contributed by atoms with Crippen molar-refractivity contribution in [2.45, 2.75) is 57.5 Å². The molecule has 0 radical (unpaired) electrons. The third-order valence-electron chi connectivity index (χ3n) is 3.68. The summed E-state index contributed by atoms with van der Waals surface area (Å²) >= 11 is 0. The lowest BCUT2D eigenvalue weighted by Crippen LogP contribution is -2.57. The molecule has 2 atom stereocenters. The zero-order chi connectivity index (χ0) is 13.1. The molecule has 0 saturated heterocycles. The molecule has 0 bridgehead atoms. The Bertz CT molecular complexity index is 296. The Hall–Kier alpha value is -1.10. The van der Waals surface area contributed by atoms with Gasteiger partial charge < -0.3 is 16.2 Å². The third kappa shape index (κ3) is 3.19. The Morgan fingerprint density at radius 1 is 1.24 bits per heavy atom. The van der Waals surface area contributed by atoms with Gasteiger partial charge in [0.25, 0.3) is 0 Å². The van der Waals surface area contributed by atoms with Crippen molar-refractivity contribution in [3.8, 4) is 0 Å². The molecule has 17 heavy (non-hydrogen) atoms. The van der Waals surface area contributed by atoms with E-state index in [9.17, 15) is 14.7 Å². The van der Waals surface area contributed by atoms with Gasteiger partial charge in [0.2, 0.25) is 5.91 Å². The van der Waals surface area contributed by atoms with Crippen molar-refractivity contribution < 1.29 is 14.7 Å². The molecule has 0 heterocycles. The average molecular weight is 242 g/mol. The van der Waals surface area contributed by atoms with Gasteiger partial charge in [0.15, 0.2) is 0 Å². The quantitative estimate of drug-likeness (QED) is 0.682. The Balaban J connectivity index is 2.73. The molecule has 5 heteroatoms. The lowest BCUT2D eigenvalue weighted by atomic mass is 9.81. The Kier molecular flexibility index (Phi) is 4.51. The lowest BCUT2D eigenvalue weighted by molar-refractivity contribution is -0.150. The molecule has 0 aromatic rings. The minimum Gasteiger partial charge on any atom is -0.480 e. The van der Waals surface area contributed by atoms with E-state index < -0.39 is 11.5 Å². The summed E-state index contributed by atoms with van der Waals surface area (Å²) in [5, 5.41) is 12.0. The number of nitrogens with one attached hydrogen (secondary N) is 1. The van der Waals surface area contributed by atoms with E-state index in [0.717, 1.165) is 19.3 Å². The van der Waals surface area contributed by atoms with Crippen LogP contribution in [0.15, 0.2) is 0 Å². The second-order valence-electron chi connectivity index (χ2n) is 5.08. The number of nitrogens with two attached hydrogens (primary N) is 1. The van der Waals surface area contributed by atoms with Crippen LogP contribution in [0.25, 0.3) is 0 Å². The number of carboxylic acids is 1. The van der Waals surface area contributed by atoms with Crippen molar-refractivity contribution in [3.63, 3.8) is 0 Å². The lowest BCUT2D eigenvalue weighted by Gasteiger charge is -2.35. The van der Waals surface area contributed by atoms with Gasteiger partial charge in [-0.2, -0.15) is 0 Å². The van der Waals surface area contributed by atoms with E-state index in [4.69, 9.17) is 5.73 Å². The molecule has 0 aliphatic heterocycles. The zero-order valence-electron chi connectivity index (χ0n) is 10.5. The molecule has 0 aromatic carbocycles. The van der Waals surface area contributed by atoms with E-state index >= 15 is 0 Å². The highest BCUT2D eigenvalue weighted by Crippen LogP contribution is 2.28. The van der Waals surface area contributed by atoms with Gasteiger partial charge in [-0.25, -0.2) is 4.79 Å². The fraction of sp³-hybridized carbons (Fsp3) is 0.833. The van der Waals surface area contributed by atoms with E-state index in [-0.39, 0.29) is 17.9 Å². The maximum atomic E-state index is 11.9. The first-order valence-corrected chi connectivity index (χ1v) is 6.20. The van der Waals surface area contributed by atoms with Crippen LogP contribution >= 0.6 is 0 Å². The first kappa shape index (κ1) is 14.0. The maximum Gasteiger partial charge on any atom is 0.329 e. The maximum absolute atomic E-state index is 11.9. The summed E-state index contributed by atoms with van der Waals surface area (Å²) in [5.41, 5.74) is 4.58. The van der Waals surface area contributed by atoms with Crippen LogP contribution in [0.1, 0.15) is 46.0 Å². The second kappa shape index (κ2) is 5.49. The number of aliphatic carboxylic acids is 1. The van der Waals surface area contributed by atoms with Gasteiger partial charge in [0.05, 0.1) is 0 Å². The molecule has 1 saturated carbocycles. The molecule has 1 amide bonds. The molecule has 1 rings (SSSR count). The predicted octanol–water partition coefficient (Wildman–Crippen LogP) is 0.873. The molecule has 5 nitrogen and oxygen atoms in total. The first-order chi connectivity index (χ1) is 7.89. The summed E-state index contributed by atoms with van der Waals surface area (Å²) in [6.07, 6.45) is 3.76. The van der Waals surface area contributed by atoms with Crippen LogP contribution in [0.4, 0.5) is 0 Å². The van der Waals surface area contributed by atoms with Crippen molar-refractivity contribution in [3.05, 3.63) is 0 Å². The zero-order valence-corrected chi connectivity index (χ0v) is 10.5. The van der Waals surface area contributed by atoms with Crippen LogP contribution in [0.3, 0.4) is 0 Å². The number of rotatable bonds is 4. The summed E-state index contributed by atoms with van der Waals surface area (Å²) in [7, 11) is 0. The van der Waals surface area contributed by atoms with Crippen LogP contribution < -0.4 is 11.1 Å². The van der Waals surface area contributed by atoms with Crippen LogP contribution in [0.2, 0.25) is 0 Å². The van der Waals surface area contributed by atoms with Crippen LogP contribution in [0.5, 0.6) is 0 Å². The Labute approximate surface area is 102 Å². The third-order valence-corrected chi connectivity index (χ3v) is 3.68. The van der Waals surface area contributed by atoms with Gasteiger partial charge in [-0.15, -0.1) is 0 Å². The summed E-state index contributed by atoms with van der Waals surface area (Å²) < 4.78 is 0. The van der Waals surface area contributed by atoms with Gasteiger partial charge in [0.1, 0.15) is 5.54 Å².